The third-order valence-corrected chi connectivity index (χ3v) is 7.03. The van der Waals surface area contributed by atoms with Crippen molar-refractivity contribution in [3.05, 3.63) is 48.6 Å². The minimum Gasteiger partial charge on any atom is -0.480 e. The first kappa shape index (κ1) is 41.8. The third kappa shape index (κ3) is 28.0. The molecule has 9 heteroatoms. The summed E-state index contributed by atoms with van der Waals surface area (Å²) in [5, 5.41) is 22.4. The molecule has 0 aliphatic carbocycles. The van der Waals surface area contributed by atoms with Gasteiger partial charge in [0.1, 0.15) is 12.1 Å². The van der Waals surface area contributed by atoms with Crippen molar-refractivity contribution >= 4 is 23.8 Å². The standard InChI is InChI=1S/C36H60N2O7/c1-3-5-7-9-11-13-14-16-18-24-28-35(42)45-31(25-21-17-15-12-10-8-6-4-2)26-22-19-20-23-27-33(40)37-29-34(41)38-32(30-39)36(43)44/h6-9,12,15,21,25,31-32,39H,3-5,10-11,13-14,16-20,22-24,26-30H2,1-2H3,(H,37,40)(H,38,41)(H,43,44)/b8-6-,9-7-,15-12-,25-21-. The van der Waals surface area contributed by atoms with Gasteiger partial charge in [-0.1, -0.05) is 94.9 Å². The fraction of sp³-hybridized carbons (Fsp3) is 0.667. The van der Waals surface area contributed by atoms with E-state index in [4.69, 9.17) is 14.9 Å². The lowest BCUT2D eigenvalue weighted by molar-refractivity contribution is -0.147. The van der Waals surface area contributed by atoms with Crippen molar-refractivity contribution in [2.45, 2.75) is 142 Å². The van der Waals surface area contributed by atoms with E-state index in [1.54, 1.807) is 0 Å². The van der Waals surface area contributed by atoms with Crippen molar-refractivity contribution in [3.63, 3.8) is 0 Å². The van der Waals surface area contributed by atoms with Crippen molar-refractivity contribution in [2.24, 2.45) is 0 Å². The number of aliphatic carboxylic acids is 1. The van der Waals surface area contributed by atoms with Crippen LogP contribution in [0.4, 0.5) is 0 Å². The monoisotopic (exact) mass is 632 g/mol. The SMILES string of the molecule is CC/C=C\C/C=C\C/C=C\C(CCCCCCC(=O)NCC(=O)NC(CO)C(=O)O)OC(=O)CCCCCCC/C=C\CCC. The van der Waals surface area contributed by atoms with E-state index in [1.807, 2.05) is 12.2 Å². The summed E-state index contributed by atoms with van der Waals surface area (Å²) in [5.74, 6) is -2.46. The van der Waals surface area contributed by atoms with Crippen LogP contribution in [0.2, 0.25) is 0 Å². The Morgan fingerprint density at radius 1 is 0.711 bits per heavy atom. The molecule has 0 aliphatic rings. The van der Waals surface area contributed by atoms with Crippen molar-refractivity contribution < 1.29 is 34.1 Å². The molecular formula is C36H60N2O7. The topological polar surface area (TPSA) is 142 Å². The van der Waals surface area contributed by atoms with Crippen LogP contribution in [0.5, 0.6) is 0 Å². The van der Waals surface area contributed by atoms with Gasteiger partial charge in [0, 0.05) is 12.8 Å². The van der Waals surface area contributed by atoms with Gasteiger partial charge in [-0.2, -0.15) is 0 Å². The number of carboxylic acids is 1. The van der Waals surface area contributed by atoms with Crippen LogP contribution in [0.25, 0.3) is 0 Å². The second-order valence-electron chi connectivity index (χ2n) is 11.2. The van der Waals surface area contributed by atoms with Crippen molar-refractivity contribution in [3.8, 4) is 0 Å². The molecule has 0 heterocycles. The van der Waals surface area contributed by atoms with Crippen LogP contribution in [-0.2, 0) is 23.9 Å². The van der Waals surface area contributed by atoms with Crippen molar-refractivity contribution in [2.75, 3.05) is 13.2 Å². The number of amides is 2. The molecule has 4 N–H and O–H groups in total. The van der Waals surface area contributed by atoms with Crippen LogP contribution in [0.15, 0.2) is 48.6 Å². The van der Waals surface area contributed by atoms with Gasteiger partial charge >= 0.3 is 11.9 Å². The molecular weight excluding hydrogens is 572 g/mol. The Morgan fingerprint density at radius 2 is 1.33 bits per heavy atom. The molecule has 0 saturated heterocycles. The zero-order valence-corrected chi connectivity index (χ0v) is 27.9. The number of esters is 1. The van der Waals surface area contributed by atoms with Crippen LogP contribution in [0.3, 0.4) is 0 Å². The summed E-state index contributed by atoms with van der Waals surface area (Å²) < 4.78 is 5.82. The third-order valence-electron chi connectivity index (χ3n) is 7.03. The highest BCUT2D eigenvalue weighted by Crippen LogP contribution is 2.14. The molecule has 2 atom stereocenters. The van der Waals surface area contributed by atoms with Crippen LogP contribution in [-0.4, -0.2) is 59.3 Å². The Balaban J connectivity index is 4.42. The second-order valence-corrected chi connectivity index (χ2v) is 11.2. The van der Waals surface area contributed by atoms with E-state index in [0.717, 1.165) is 77.0 Å². The highest BCUT2D eigenvalue weighted by atomic mass is 16.5. The average molecular weight is 633 g/mol. The summed E-state index contributed by atoms with van der Waals surface area (Å²) in [5.41, 5.74) is 0. The first-order valence-corrected chi connectivity index (χ1v) is 17.0. The number of hydrogen-bond acceptors (Lipinski definition) is 6. The van der Waals surface area contributed by atoms with Gasteiger partial charge in [0.25, 0.3) is 0 Å². The zero-order chi connectivity index (χ0) is 33.4. The Labute approximate surface area is 271 Å². The maximum absolute atomic E-state index is 12.6. The highest BCUT2D eigenvalue weighted by Gasteiger charge is 2.18. The van der Waals surface area contributed by atoms with Gasteiger partial charge in [-0.25, -0.2) is 4.79 Å². The van der Waals surface area contributed by atoms with E-state index >= 15 is 0 Å². The average Bonchev–Trinajstić information content (AvgIpc) is 3.02. The number of aliphatic hydroxyl groups excluding tert-OH is 1. The number of unbranched alkanes of at least 4 members (excludes halogenated alkanes) is 9. The van der Waals surface area contributed by atoms with E-state index in [2.05, 4.69) is 60.9 Å². The number of aliphatic hydroxyl groups is 1. The van der Waals surface area contributed by atoms with Gasteiger partial charge in [-0.15, -0.1) is 0 Å². The maximum Gasteiger partial charge on any atom is 0.328 e. The van der Waals surface area contributed by atoms with Crippen molar-refractivity contribution in [1.82, 2.24) is 10.6 Å². The number of rotatable bonds is 29. The first-order chi connectivity index (χ1) is 21.8. The largest absolute Gasteiger partial charge is 0.480 e. The minimum absolute atomic E-state index is 0.151. The van der Waals surface area contributed by atoms with Crippen molar-refractivity contribution in [1.29, 1.82) is 0 Å². The first-order valence-electron chi connectivity index (χ1n) is 17.0. The fourth-order valence-corrected chi connectivity index (χ4v) is 4.41. The summed E-state index contributed by atoms with van der Waals surface area (Å²) in [7, 11) is 0. The molecule has 0 aliphatic heterocycles. The molecule has 0 radical (unpaired) electrons. The normalized spacial score (nSPS) is 13.1. The number of carbonyl (C=O) groups is 4. The number of carboxylic acid groups (broad SMARTS) is 1. The van der Waals surface area contributed by atoms with Gasteiger partial charge in [-0.05, 0) is 70.3 Å². The molecule has 0 saturated carbocycles. The molecule has 0 bridgehead atoms. The summed E-state index contributed by atoms with van der Waals surface area (Å²) in [6.45, 7) is 3.23. The fourth-order valence-electron chi connectivity index (χ4n) is 4.41. The Bertz CT molecular complexity index is 911. The van der Waals surface area contributed by atoms with E-state index in [1.165, 1.54) is 19.3 Å². The van der Waals surface area contributed by atoms with Crippen LogP contribution in [0.1, 0.15) is 129 Å². The van der Waals surface area contributed by atoms with Gasteiger partial charge < -0.3 is 25.6 Å². The van der Waals surface area contributed by atoms with Crippen LogP contribution < -0.4 is 10.6 Å². The Hall–Kier alpha value is -3.20. The molecule has 0 aromatic heterocycles. The van der Waals surface area contributed by atoms with Crippen LogP contribution >= 0.6 is 0 Å². The molecule has 2 unspecified atom stereocenters. The van der Waals surface area contributed by atoms with Gasteiger partial charge in [0.15, 0.2) is 0 Å². The molecule has 0 aromatic carbocycles. The molecule has 2 amide bonds. The molecule has 0 aromatic rings. The Morgan fingerprint density at radius 3 is 2.02 bits per heavy atom. The lowest BCUT2D eigenvalue weighted by Gasteiger charge is -2.15. The smallest absolute Gasteiger partial charge is 0.328 e. The van der Waals surface area contributed by atoms with Crippen LogP contribution in [0, 0.1) is 0 Å². The molecule has 0 fully saturated rings. The predicted octanol–water partition coefficient (Wildman–Crippen LogP) is 6.86. The molecule has 256 valence electrons. The summed E-state index contributed by atoms with van der Waals surface area (Å²) >= 11 is 0. The zero-order valence-electron chi connectivity index (χ0n) is 27.9. The van der Waals surface area contributed by atoms with E-state index < -0.39 is 24.5 Å². The summed E-state index contributed by atoms with van der Waals surface area (Å²) in [6, 6.07) is -1.39. The molecule has 0 spiro atoms. The van der Waals surface area contributed by atoms with Gasteiger partial charge in [0.05, 0.1) is 13.2 Å². The van der Waals surface area contributed by atoms with E-state index in [0.29, 0.717) is 12.8 Å². The van der Waals surface area contributed by atoms with E-state index in [-0.39, 0.29) is 30.9 Å². The number of hydrogen-bond donors (Lipinski definition) is 4. The molecule has 9 nitrogen and oxygen atoms in total. The lowest BCUT2D eigenvalue weighted by Crippen LogP contribution is -2.47. The number of ether oxygens (including phenoxy) is 1. The van der Waals surface area contributed by atoms with Gasteiger partial charge in [0.2, 0.25) is 11.8 Å². The minimum atomic E-state index is -1.39. The maximum atomic E-state index is 12.6. The highest BCUT2D eigenvalue weighted by molar-refractivity contribution is 5.87. The Kier molecular flexibility index (Phi) is 28.6. The predicted molar refractivity (Wildman–Crippen MR) is 181 cm³/mol. The second kappa shape index (κ2) is 30.8. The number of carbonyl (C=O) groups excluding carboxylic acids is 3. The number of nitrogens with one attached hydrogen (secondary N) is 2. The summed E-state index contributed by atoms with van der Waals surface area (Å²) in [4.78, 5) is 47.2. The molecule has 0 rings (SSSR count). The van der Waals surface area contributed by atoms with E-state index in [9.17, 15) is 19.2 Å². The summed E-state index contributed by atoms with van der Waals surface area (Å²) in [6.07, 6.45) is 33.1. The quantitative estimate of drug-likeness (QED) is 0.0401. The number of allylic oxidation sites excluding steroid dienone is 7. The lowest BCUT2D eigenvalue weighted by atomic mass is 10.1. The molecule has 45 heavy (non-hydrogen) atoms. The van der Waals surface area contributed by atoms with Gasteiger partial charge in [-0.3, -0.25) is 14.4 Å².